The van der Waals surface area contributed by atoms with Gasteiger partial charge in [-0.2, -0.15) is 5.10 Å². The molecule has 0 spiro atoms. The van der Waals surface area contributed by atoms with E-state index in [1.54, 1.807) is 18.0 Å². The Morgan fingerprint density at radius 2 is 2.17 bits per heavy atom. The second kappa shape index (κ2) is 11.4. The van der Waals surface area contributed by atoms with Gasteiger partial charge >= 0.3 is 0 Å². The van der Waals surface area contributed by atoms with Crippen LogP contribution >= 0.6 is 35.7 Å². The van der Waals surface area contributed by atoms with Crippen molar-refractivity contribution in [2.24, 2.45) is 4.99 Å². The van der Waals surface area contributed by atoms with Crippen LogP contribution < -0.4 is 10.6 Å². The van der Waals surface area contributed by atoms with Crippen LogP contribution in [0.25, 0.3) is 0 Å². The van der Waals surface area contributed by atoms with Crippen LogP contribution in [0.1, 0.15) is 18.1 Å². The van der Waals surface area contributed by atoms with Crippen LogP contribution in [0.2, 0.25) is 0 Å². The molecule has 5 nitrogen and oxygen atoms in total. The minimum Gasteiger partial charge on any atom is -0.357 e. The summed E-state index contributed by atoms with van der Waals surface area (Å²) in [6.45, 7) is 7.32. The van der Waals surface area contributed by atoms with E-state index in [1.807, 2.05) is 16.9 Å². The van der Waals surface area contributed by atoms with Crippen molar-refractivity contribution in [1.82, 2.24) is 20.4 Å². The molecule has 2 rings (SSSR count). The third-order valence-corrected chi connectivity index (χ3v) is 4.21. The molecule has 0 aliphatic carbocycles. The SMILES string of the molecule is CCNC(=NCc1ccc(C)cc1SC)NCCn1cccn1.I. The summed E-state index contributed by atoms with van der Waals surface area (Å²) in [5.74, 6) is 0.840. The number of hydrogen-bond acceptors (Lipinski definition) is 3. The Morgan fingerprint density at radius 1 is 1.33 bits per heavy atom. The van der Waals surface area contributed by atoms with Crippen LogP contribution in [0.4, 0.5) is 0 Å². The fraction of sp³-hybridized carbons (Fsp3) is 0.412. The predicted molar refractivity (Wildman–Crippen MR) is 113 cm³/mol. The number of rotatable bonds is 7. The topological polar surface area (TPSA) is 54.2 Å². The molecule has 1 aromatic heterocycles. The quantitative estimate of drug-likeness (QED) is 0.289. The number of halogens is 1. The molecule has 0 atom stereocenters. The zero-order valence-electron chi connectivity index (χ0n) is 14.5. The number of thioether (sulfide) groups is 1. The molecule has 0 saturated heterocycles. The summed E-state index contributed by atoms with van der Waals surface area (Å²) in [5, 5.41) is 10.8. The Balaban J connectivity index is 0.00000288. The molecule has 0 bridgehead atoms. The number of guanidine groups is 1. The van der Waals surface area contributed by atoms with Crippen LogP contribution in [-0.2, 0) is 13.1 Å². The van der Waals surface area contributed by atoms with E-state index in [2.05, 4.69) is 54.0 Å². The van der Waals surface area contributed by atoms with Gasteiger partial charge in [-0.1, -0.05) is 12.1 Å². The van der Waals surface area contributed by atoms with Crippen molar-refractivity contribution in [3.8, 4) is 0 Å². The minimum atomic E-state index is 0. The molecule has 0 fully saturated rings. The van der Waals surface area contributed by atoms with E-state index >= 15 is 0 Å². The highest BCUT2D eigenvalue weighted by Gasteiger charge is 2.03. The highest BCUT2D eigenvalue weighted by atomic mass is 127. The lowest BCUT2D eigenvalue weighted by atomic mass is 10.1. The van der Waals surface area contributed by atoms with Crippen LogP contribution in [0, 0.1) is 6.92 Å². The van der Waals surface area contributed by atoms with Crippen LogP contribution in [0.15, 0.2) is 46.5 Å². The molecule has 0 unspecified atom stereocenters. The summed E-state index contributed by atoms with van der Waals surface area (Å²) in [7, 11) is 0. The fourth-order valence-electron chi connectivity index (χ4n) is 2.21. The van der Waals surface area contributed by atoms with Gasteiger partial charge in [-0.15, -0.1) is 35.7 Å². The van der Waals surface area contributed by atoms with Crippen molar-refractivity contribution in [3.05, 3.63) is 47.8 Å². The average Bonchev–Trinajstić information content (AvgIpc) is 3.06. The van der Waals surface area contributed by atoms with Gasteiger partial charge in [0.05, 0.1) is 13.1 Å². The first kappa shape index (κ1) is 20.8. The van der Waals surface area contributed by atoms with Crippen molar-refractivity contribution in [1.29, 1.82) is 0 Å². The molecular weight excluding hydrogens is 433 g/mol. The van der Waals surface area contributed by atoms with Crippen molar-refractivity contribution in [2.75, 3.05) is 19.3 Å². The Labute approximate surface area is 165 Å². The number of aliphatic imine (C=N–C) groups is 1. The maximum absolute atomic E-state index is 4.69. The predicted octanol–water partition coefficient (Wildman–Crippen LogP) is 3.29. The molecule has 0 aliphatic rings. The first-order valence-corrected chi connectivity index (χ1v) is 9.08. The highest BCUT2D eigenvalue weighted by Crippen LogP contribution is 2.22. The van der Waals surface area contributed by atoms with Gasteiger partial charge in [0.15, 0.2) is 5.96 Å². The highest BCUT2D eigenvalue weighted by molar-refractivity contribution is 14.0. The molecular formula is C17H26IN5S. The number of benzene rings is 1. The van der Waals surface area contributed by atoms with Gasteiger partial charge in [0.2, 0.25) is 0 Å². The standard InChI is InChI=1S/C17H25N5S.HI/c1-4-18-17(19-9-11-22-10-5-8-21-22)20-13-15-7-6-14(2)12-16(15)23-3;/h5-8,10,12H,4,9,11,13H2,1-3H3,(H2,18,19,20);1H. The third kappa shape index (κ3) is 6.72. The maximum atomic E-state index is 4.69. The first-order valence-electron chi connectivity index (χ1n) is 7.86. The number of hydrogen-bond donors (Lipinski definition) is 2. The van der Waals surface area contributed by atoms with E-state index in [4.69, 9.17) is 4.99 Å². The van der Waals surface area contributed by atoms with Gasteiger partial charge in [0, 0.05) is 30.4 Å². The summed E-state index contributed by atoms with van der Waals surface area (Å²) in [5.41, 5.74) is 2.54. The molecule has 0 radical (unpaired) electrons. The smallest absolute Gasteiger partial charge is 0.191 e. The lowest BCUT2D eigenvalue weighted by molar-refractivity contribution is 0.598. The van der Waals surface area contributed by atoms with E-state index in [0.29, 0.717) is 6.54 Å². The van der Waals surface area contributed by atoms with Crippen molar-refractivity contribution in [3.63, 3.8) is 0 Å². The fourth-order valence-corrected chi connectivity index (χ4v) is 2.91. The molecule has 1 heterocycles. The number of aromatic nitrogens is 2. The molecule has 0 aliphatic heterocycles. The summed E-state index contributed by atoms with van der Waals surface area (Å²) in [4.78, 5) is 5.98. The van der Waals surface area contributed by atoms with Gasteiger partial charge in [-0.25, -0.2) is 4.99 Å². The van der Waals surface area contributed by atoms with Crippen LogP contribution in [0.3, 0.4) is 0 Å². The molecule has 2 N–H and O–H groups in total. The summed E-state index contributed by atoms with van der Waals surface area (Å²) in [6, 6.07) is 8.45. The minimum absolute atomic E-state index is 0. The number of nitrogens with one attached hydrogen (secondary N) is 2. The van der Waals surface area contributed by atoms with E-state index in [9.17, 15) is 0 Å². The zero-order chi connectivity index (χ0) is 16.5. The van der Waals surface area contributed by atoms with Gasteiger partial charge in [-0.3, -0.25) is 4.68 Å². The lowest BCUT2D eigenvalue weighted by Crippen LogP contribution is -2.38. The van der Waals surface area contributed by atoms with Crippen molar-refractivity contribution in [2.45, 2.75) is 31.8 Å². The van der Waals surface area contributed by atoms with Crippen molar-refractivity contribution < 1.29 is 0 Å². The van der Waals surface area contributed by atoms with Crippen LogP contribution in [-0.4, -0.2) is 35.1 Å². The van der Waals surface area contributed by atoms with Crippen LogP contribution in [0.5, 0.6) is 0 Å². The van der Waals surface area contributed by atoms with Gasteiger partial charge in [0.1, 0.15) is 0 Å². The van der Waals surface area contributed by atoms with Crippen molar-refractivity contribution >= 4 is 41.7 Å². The largest absolute Gasteiger partial charge is 0.357 e. The first-order chi connectivity index (χ1) is 11.2. The summed E-state index contributed by atoms with van der Waals surface area (Å²) >= 11 is 1.77. The molecule has 1 aromatic carbocycles. The molecule has 132 valence electrons. The van der Waals surface area contributed by atoms with E-state index < -0.39 is 0 Å². The lowest BCUT2D eigenvalue weighted by Gasteiger charge is -2.12. The molecule has 0 amide bonds. The third-order valence-electron chi connectivity index (χ3n) is 3.39. The normalized spacial score (nSPS) is 11.0. The molecule has 0 saturated carbocycles. The van der Waals surface area contributed by atoms with E-state index in [1.165, 1.54) is 16.0 Å². The Hall–Kier alpha value is -1.22. The Bertz CT molecular complexity index is 628. The summed E-state index contributed by atoms with van der Waals surface area (Å²) < 4.78 is 1.91. The van der Waals surface area contributed by atoms with Gasteiger partial charge in [-0.05, 0) is 43.4 Å². The number of aryl methyl sites for hydroxylation is 1. The maximum Gasteiger partial charge on any atom is 0.191 e. The summed E-state index contributed by atoms with van der Waals surface area (Å²) in [6.07, 6.45) is 5.86. The average molecular weight is 459 g/mol. The second-order valence-electron chi connectivity index (χ2n) is 5.21. The van der Waals surface area contributed by atoms with Gasteiger partial charge < -0.3 is 10.6 Å². The second-order valence-corrected chi connectivity index (χ2v) is 6.05. The van der Waals surface area contributed by atoms with Gasteiger partial charge in [0.25, 0.3) is 0 Å². The monoisotopic (exact) mass is 459 g/mol. The molecule has 2 aromatic rings. The number of nitrogens with zero attached hydrogens (tertiary/aromatic N) is 3. The Morgan fingerprint density at radius 3 is 2.83 bits per heavy atom. The van der Waals surface area contributed by atoms with E-state index in [-0.39, 0.29) is 24.0 Å². The molecule has 7 heteroatoms. The Kier molecular flexibility index (Phi) is 9.85. The molecule has 24 heavy (non-hydrogen) atoms. The van der Waals surface area contributed by atoms with E-state index in [0.717, 1.165) is 25.6 Å². The zero-order valence-corrected chi connectivity index (χ0v) is 17.6.